The van der Waals surface area contributed by atoms with Gasteiger partial charge in [-0.3, -0.25) is 37.3 Å². The van der Waals surface area contributed by atoms with Crippen molar-refractivity contribution in [1.29, 1.82) is 0 Å². The van der Waals surface area contributed by atoms with Crippen molar-refractivity contribution >= 4 is 39.5 Å². The number of carbonyl (C=O) groups is 4. The lowest BCUT2D eigenvalue weighted by molar-refractivity contribution is -0.161. The predicted octanol–water partition coefficient (Wildman–Crippen LogP) is 24.9. The van der Waals surface area contributed by atoms with E-state index in [4.69, 9.17) is 37.0 Å². The van der Waals surface area contributed by atoms with Crippen LogP contribution in [0.25, 0.3) is 0 Å². The van der Waals surface area contributed by atoms with E-state index < -0.39 is 97.5 Å². The molecule has 0 aliphatic rings. The zero-order valence-corrected chi connectivity index (χ0v) is 68.9. The van der Waals surface area contributed by atoms with Crippen LogP contribution in [0.5, 0.6) is 0 Å². The molecule has 2 unspecified atom stereocenters. The Hall–Kier alpha value is -4.28. The minimum absolute atomic E-state index is 0.0187. The van der Waals surface area contributed by atoms with Gasteiger partial charge in [-0.1, -0.05) is 343 Å². The number of hydrogen-bond donors (Lipinski definition) is 3. The van der Waals surface area contributed by atoms with E-state index in [2.05, 4.69) is 107 Å². The lowest BCUT2D eigenvalue weighted by Crippen LogP contribution is -2.30. The van der Waals surface area contributed by atoms with Gasteiger partial charge in [0.15, 0.2) is 12.2 Å². The SMILES string of the molecule is CCCCC/C=C\C/C=C\C/C=C\C/C=C\C/C=C\CCC(=O)O[C@H](COC(=O)CCCCCCCCCCCCCCCCC)COP(=O)(O)OC[C@@H](O)COP(=O)(O)OC[C@@H](COC(=O)CCCCCCCCCCCCCCCCC)OC(=O)CCC/C=C\C/C=C\C/C=C\C/C=C\CCCCC. The molecule has 0 aromatic heterocycles. The van der Waals surface area contributed by atoms with Gasteiger partial charge in [-0.25, -0.2) is 9.13 Å². The summed E-state index contributed by atoms with van der Waals surface area (Å²) in [4.78, 5) is 73.1. The van der Waals surface area contributed by atoms with E-state index in [1.54, 1.807) is 0 Å². The van der Waals surface area contributed by atoms with Crippen LogP contribution < -0.4 is 0 Å². The second-order valence-corrected chi connectivity index (χ2v) is 31.0. The molecule has 0 aromatic carbocycles. The highest BCUT2D eigenvalue weighted by Gasteiger charge is 2.30. The van der Waals surface area contributed by atoms with Crippen LogP contribution in [-0.4, -0.2) is 96.7 Å². The number of phosphoric ester groups is 2. The molecule has 19 heteroatoms. The molecule has 0 fully saturated rings. The number of rotatable bonds is 79. The number of allylic oxidation sites excluding steroid dienone is 18. The van der Waals surface area contributed by atoms with Gasteiger partial charge in [0.05, 0.1) is 26.4 Å². The molecule has 106 heavy (non-hydrogen) atoms. The summed E-state index contributed by atoms with van der Waals surface area (Å²) < 4.78 is 68.6. The van der Waals surface area contributed by atoms with Crippen LogP contribution in [0, 0.1) is 0 Å². The summed E-state index contributed by atoms with van der Waals surface area (Å²) in [5.74, 6) is -2.31. The van der Waals surface area contributed by atoms with Gasteiger partial charge in [0.1, 0.15) is 19.3 Å². The summed E-state index contributed by atoms with van der Waals surface area (Å²) in [7, 11) is -10.00. The Morgan fingerprint density at radius 2 is 0.491 bits per heavy atom. The molecule has 612 valence electrons. The number of esters is 4. The minimum Gasteiger partial charge on any atom is -0.462 e. The maximum Gasteiger partial charge on any atom is 0.472 e. The van der Waals surface area contributed by atoms with E-state index in [9.17, 15) is 43.2 Å². The Labute approximate surface area is 645 Å². The second kappa shape index (κ2) is 78.8. The Morgan fingerprint density at radius 1 is 0.264 bits per heavy atom. The van der Waals surface area contributed by atoms with Gasteiger partial charge in [-0.2, -0.15) is 0 Å². The highest BCUT2D eigenvalue weighted by atomic mass is 31.2. The van der Waals surface area contributed by atoms with Gasteiger partial charge in [-0.15, -0.1) is 0 Å². The zero-order valence-electron chi connectivity index (χ0n) is 67.1. The van der Waals surface area contributed by atoms with Crippen LogP contribution in [-0.2, 0) is 65.4 Å². The lowest BCUT2D eigenvalue weighted by atomic mass is 10.0. The normalized spacial score (nSPS) is 14.4. The number of phosphoric acid groups is 2. The average molecular weight is 1530 g/mol. The first-order valence-electron chi connectivity index (χ1n) is 42.1. The van der Waals surface area contributed by atoms with Crippen LogP contribution in [0.1, 0.15) is 362 Å². The fraction of sp³-hybridized carbons (Fsp3) is 0.747. The van der Waals surface area contributed by atoms with Crippen molar-refractivity contribution in [2.24, 2.45) is 0 Å². The first kappa shape index (κ1) is 102. The van der Waals surface area contributed by atoms with Crippen LogP contribution in [0.2, 0.25) is 0 Å². The third-order valence-electron chi connectivity index (χ3n) is 17.8. The van der Waals surface area contributed by atoms with Crippen molar-refractivity contribution < 1.29 is 80.2 Å². The third-order valence-corrected chi connectivity index (χ3v) is 19.7. The van der Waals surface area contributed by atoms with Crippen molar-refractivity contribution in [2.75, 3.05) is 39.6 Å². The summed E-state index contributed by atoms with van der Waals surface area (Å²) in [6, 6.07) is 0. The fourth-order valence-corrected chi connectivity index (χ4v) is 12.9. The molecule has 0 rings (SSSR count). The first-order valence-corrected chi connectivity index (χ1v) is 45.1. The van der Waals surface area contributed by atoms with Gasteiger partial charge < -0.3 is 33.8 Å². The number of carbonyl (C=O) groups excluding carboxylic acids is 4. The number of hydrogen-bond acceptors (Lipinski definition) is 15. The Kier molecular flexibility index (Phi) is 75.6. The van der Waals surface area contributed by atoms with E-state index in [1.165, 1.54) is 180 Å². The van der Waals surface area contributed by atoms with Crippen molar-refractivity contribution in [3.05, 3.63) is 109 Å². The largest absolute Gasteiger partial charge is 0.472 e. The van der Waals surface area contributed by atoms with Gasteiger partial charge in [-0.05, 0) is 103 Å². The van der Waals surface area contributed by atoms with Crippen molar-refractivity contribution in [2.45, 2.75) is 380 Å². The molecule has 0 saturated heterocycles. The molecule has 0 aliphatic carbocycles. The van der Waals surface area contributed by atoms with E-state index in [-0.39, 0.29) is 25.7 Å². The third kappa shape index (κ3) is 77.9. The molecule has 0 aromatic rings. The molecule has 0 aliphatic heterocycles. The number of unbranched alkanes of at least 4 members (excludes halogenated alkanes) is 35. The van der Waals surface area contributed by atoms with Gasteiger partial charge >= 0.3 is 39.5 Å². The van der Waals surface area contributed by atoms with Crippen molar-refractivity contribution in [3.63, 3.8) is 0 Å². The Balaban J connectivity index is 5.47. The van der Waals surface area contributed by atoms with Crippen LogP contribution in [0.15, 0.2) is 109 Å². The number of aliphatic hydroxyl groups is 1. The minimum atomic E-state index is -5.00. The molecule has 3 N–H and O–H groups in total. The summed E-state index contributed by atoms with van der Waals surface area (Å²) in [6.07, 6.45) is 86.5. The summed E-state index contributed by atoms with van der Waals surface area (Å²) in [5, 5.41) is 10.7. The fourth-order valence-electron chi connectivity index (χ4n) is 11.3. The quantitative estimate of drug-likeness (QED) is 0.0169. The van der Waals surface area contributed by atoms with E-state index in [1.807, 2.05) is 30.4 Å². The molecule has 0 heterocycles. The average Bonchev–Trinajstić information content (AvgIpc) is 0.906. The van der Waals surface area contributed by atoms with Crippen LogP contribution in [0.3, 0.4) is 0 Å². The smallest absolute Gasteiger partial charge is 0.462 e. The maximum atomic E-state index is 13.1. The maximum absolute atomic E-state index is 13.1. The van der Waals surface area contributed by atoms with Gasteiger partial charge in [0.25, 0.3) is 0 Å². The first-order chi connectivity index (χ1) is 51.7. The highest BCUT2D eigenvalue weighted by Crippen LogP contribution is 2.45. The zero-order chi connectivity index (χ0) is 77.4. The second-order valence-electron chi connectivity index (χ2n) is 28.1. The topological polar surface area (TPSA) is 237 Å². The van der Waals surface area contributed by atoms with Gasteiger partial charge in [0, 0.05) is 25.7 Å². The Morgan fingerprint density at radius 3 is 0.792 bits per heavy atom. The van der Waals surface area contributed by atoms with Crippen molar-refractivity contribution in [3.8, 4) is 0 Å². The molecule has 0 bridgehead atoms. The summed E-state index contributed by atoms with van der Waals surface area (Å²) >= 11 is 0. The summed E-state index contributed by atoms with van der Waals surface area (Å²) in [6.45, 7) is 4.74. The van der Waals surface area contributed by atoms with Crippen molar-refractivity contribution in [1.82, 2.24) is 0 Å². The predicted molar refractivity (Wildman–Crippen MR) is 436 cm³/mol. The molecular weight excluding hydrogens is 1380 g/mol. The molecule has 17 nitrogen and oxygen atoms in total. The van der Waals surface area contributed by atoms with E-state index in [0.717, 1.165) is 89.9 Å². The lowest BCUT2D eigenvalue weighted by Gasteiger charge is -2.21. The monoisotopic (exact) mass is 1530 g/mol. The Bertz CT molecular complexity index is 2430. The number of aliphatic hydroxyl groups excluding tert-OH is 1. The molecule has 0 spiro atoms. The molecular formula is C87H152O17P2. The number of ether oxygens (including phenoxy) is 4. The van der Waals surface area contributed by atoms with E-state index >= 15 is 0 Å². The molecule has 5 atom stereocenters. The highest BCUT2D eigenvalue weighted by molar-refractivity contribution is 7.47. The molecule has 0 saturated carbocycles. The summed E-state index contributed by atoms with van der Waals surface area (Å²) in [5.41, 5.74) is 0. The standard InChI is InChI=1S/C87H152O17P2/c1-5-9-13-17-21-25-29-33-37-39-40-42-46-50-54-58-62-66-70-74-87(92)104-83(78-98-85(90)72-68-64-60-56-52-48-44-36-32-28-24-20-16-12-8-4)80-102-106(95,96)100-76-81(88)75-99-105(93,94)101-79-82(77-97-84(89)71-67-63-59-55-51-47-43-35-31-27-23-19-15-11-7-3)103-86(91)73-69-65-61-57-53-49-45-41-38-34-30-26-22-18-14-10-6-2/h21-22,25-26,33-34,37-38,40,42,45,49-50,54,57,61-62,66,81-83,88H,5-20,23-24,27-32,35-36,39,41,43-44,46-48,51-53,55-56,58-60,63-65,67-80H2,1-4H3,(H,93,94)(H,95,96)/b25-21-,26-22-,37-33-,38-34-,42-40-,49-45-,54-50-,61-57-,66-62-/t81-,82+,83+/m0/s1. The van der Waals surface area contributed by atoms with Gasteiger partial charge in [0.2, 0.25) is 0 Å². The van der Waals surface area contributed by atoms with Crippen LogP contribution in [0.4, 0.5) is 0 Å². The van der Waals surface area contributed by atoms with E-state index in [0.29, 0.717) is 38.5 Å². The molecule has 0 radical (unpaired) electrons. The molecule has 0 amide bonds. The van der Waals surface area contributed by atoms with Crippen LogP contribution >= 0.6 is 15.6 Å².